The molecule has 1 aromatic carbocycles. The van der Waals surface area contributed by atoms with Gasteiger partial charge in [0.1, 0.15) is 0 Å². The van der Waals surface area contributed by atoms with Gasteiger partial charge in [-0.25, -0.2) is 8.78 Å². The number of carbonyl (C=O) groups is 1. The summed E-state index contributed by atoms with van der Waals surface area (Å²) in [7, 11) is 0. The molecule has 0 unspecified atom stereocenters. The number of hydrogen-bond acceptors (Lipinski definition) is 3. The Kier molecular flexibility index (Phi) is 4.54. The minimum absolute atomic E-state index is 0.0172. The predicted molar refractivity (Wildman–Crippen MR) is 89.7 cm³/mol. The number of benzene rings is 1. The second-order valence-corrected chi connectivity index (χ2v) is 7.59. The van der Waals surface area contributed by atoms with Crippen LogP contribution < -0.4 is 5.32 Å². The summed E-state index contributed by atoms with van der Waals surface area (Å²) in [6.07, 6.45) is 2.78. The summed E-state index contributed by atoms with van der Waals surface area (Å²) in [6, 6.07) is 6.48. The van der Waals surface area contributed by atoms with Crippen LogP contribution >= 0.6 is 0 Å². The quantitative estimate of drug-likeness (QED) is 0.911. The summed E-state index contributed by atoms with van der Waals surface area (Å²) in [5.74, 6) is -1.89. The molecule has 3 rings (SSSR count). The number of likely N-dealkylation sites (tertiary alicyclic amines) is 1. The highest BCUT2D eigenvalue weighted by molar-refractivity contribution is 5.85. The van der Waals surface area contributed by atoms with Crippen LogP contribution in [0.2, 0.25) is 0 Å². The molecule has 1 aliphatic carbocycles. The number of hydrogen-bond donors (Lipinski definition) is 1. The third-order valence-corrected chi connectivity index (χ3v) is 5.56. The van der Waals surface area contributed by atoms with E-state index in [0.29, 0.717) is 25.9 Å². The Labute approximate surface area is 146 Å². The second-order valence-electron chi connectivity index (χ2n) is 7.59. The zero-order valence-electron chi connectivity index (χ0n) is 14.6. The molecule has 0 aromatic heterocycles. The summed E-state index contributed by atoms with van der Waals surface area (Å²) >= 11 is 0. The van der Waals surface area contributed by atoms with Gasteiger partial charge < -0.3 is 5.32 Å². The Morgan fingerprint density at radius 2 is 1.96 bits per heavy atom. The molecule has 0 spiro atoms. The molecule has 0 radical (unpaired) electrons. The number of nitrogens with one attached hydrogen (secondary N) is 1. The van der Waals surface area contributed by atoms with Crippen molar-refractivity contribution >= 4 is 5.91 Å². The Balaban J connectivity index is 1.76. The van der Waals surface area contributed by atoms with Crippen molar-refractivity contribution in [2.24, 2.45) is 0 Å². The third-order valence-electron chi connectivity index (χ3n) is 5.56. The molecule has 2 fully saturated rings. The highest BCUT2D eigenvalue weighted by atomic mass is 19.2. The van der Waals surface area contributed by atoms with E-state index in [1.54, 1.807) is 0 Å². The molecule has 1 heterocycles. The Hall–Kier alpha value is -2.00. The molecule has 0 bridgehead atoms. The van der Waals surface area contributed by atoms with Gasteiger partial charge in [-0.3, -0.25) is 9.69 Å². The van der Waals surface area contributed by atoms with Gasteiger partial charge in [0.2, 0.25) is 5.91 Å². The monoisotopic (exact) mass is 347 g/mol. The van der Waals surface area contributed by atoms with E-state index >= 15 is 0 Å². The van der Waals surface area contributed by atoms with E-state index in [1.165, 1.54) is 12.1 Å². The Morgan fingerprint density at radius 1 is 1.32 bits per heavy atom. The van der Waals surface area contributed by atoms with Crippen LogP contribution in [0.5, 0.6) is 0 Å². The first kappa shape index (κ1) is 17.8. The van der Waals surface area contributed by atoms with Gasteiger partial charge in [0, 0.05) is 24.7 Å². The second kappa shape index (κ2) is 6.38. The van der Waals surface area contributed by atoms with Crippen molar-refractivity contribution in [3.8, 4) is 6.07 Å². The highest BCUT2D eigenvalue weighted by Crippen LogP contribution is 2.38. The third kappa shape index (κ3) is 3.25. The molecule has 0 atom stereocenters. The summed E-state index contributed by atoms with van der Waals surface area (Å²) in [4.78, 5) is 14.5. The lowest BCUT2D eigenvalue weighted by molar-refractivity contribution is -0.132. The number of carbonyl (C=O) groups excluding carboxylic acids is 1. The van der Waals surface area contributed by atoms with Gasteiger partial charge in [0.15, 0.2) is 11.6 Å². The molecule has 6 heteroatoms. The van der Waals surface area contributed by atoms with Crippen LogP contribution in [0.4, 0.5) is 8.78 Å². The average Bonchev–Trinajstić information content (AvgIpc) is 3.41. The van der Waals surface area contributed by atoms with Crippen LogP contribution in [0.25, 0.3) is 0 Å². The highest BCUT2D eigenvalue weighted by Gasteiger charge is 2.45. The average molecular weight is 347 g/mol. The van der Waals surface area contributed by atoms with Gasteiger partial charge in [0.25, 0.3) is 0 Å². The van der Waals surface area contributed by atoms with Crippen molar-refractivity contribution in [1.29, 1.82) is 5.26 Å². The van der Waals surface area contributed by atoms with Crippen LogP contribution in [0.1, 0.15) is 45.1 Å². The maximum Gasteiger partial charge on any atom is 0.240 e. The topological polar surface area (TPSA) is 56.1 Å². The number of nitriles is 1. The van der Waals surface area contributed by atoms with Crippen molar-refractivity contribution in [3.05, 3.63) is 35.4 Å². The van der Waals surface area contributed by atoms with Crippen LogP contribution in [0.3, 0.4) is 0 Å². The fraction of sp³-hybridized carbons (Fsp3) is 0.579. The van der Waals surface area contributed by atoms with E-state index < -0.39 is 22.6 Å². The van der Waals surface area contributed by atoms with Crippen molar-refractivity contribution in [1.82, 2.24) is 10.2 Å². The van der Waals surface area contributed by atoms with E-state index in [1.807, 2.05) is 18.7 Å². The lowest BCUT2D eigenvalue weighted by Crippen LogP contribution is -2.59. The summed E-state index contributed by atoms with van der Waals surface area (Å²) in [5.41, 5.74) is -1.62. The lowest BCUT2D eigenvalue weighted by atomic mass is 9.73. The summed E-state index contributed by atoms with van der Waals surface area (Å²) in [6.45, 7) is 4.70. The zero-order chi connectivity index (χ0) is 18.2. The molecule has 1 saturated carbocycles. The van der Waals surface area contributed by atoms with E-state index in [4.69, 9.17) is 0 Å². The van der Waals surface area contributed by atoms with Crippen LogP contribution in [-0.2, 0) is 10.2 Å². The maximum absolute atomic E-state index is 14.2. The number of halogens is 2. The summed E-state index contributed by atoms with van der Waals surface area (Å²) < 4.78 is 27.8. The molecule has 4 nitrogen and oxygen atoms in total. The minimum atomic E-state index is -1.05. The molecule has 1 aliphatic heterocycles. The first-order chi connectivity index (χ1) is 11.8. The number of nitrogens with zero attached hydrogens (tertiary/aromatic N) is 2. The van der Waals surface area contributed by atoms with E-state index in [0.717, 1.165) is 18.9 Å². The van der Waals surface area contributed by atoms with Crippen LogP contribution in [-0.4, -0.2) is 35.5 Å². The largest absolute Gasteiger partial charge is 0.352 e. The molecule has 2 aliphatic rings. The minimum Gasteiger partial charge on any atom is -0.352 e. The molecular formula is C19H23F2N3O. The van der Waals surface area contributed by atoms with E-state index in [2.05, 4.69) is 11.4 Å². The van der Waals surface area contributed by atoms with Crippen molar-refractivity contribution < 1.29 is 13.6 Å². The van der Waals surface area contributed by atoms with Crippen LogP contribution in [0, 0.1) is 23.0 Å². The first-order valence-electron chi connectivity index (χ1n) is 8.72. The Morgan fingerprint density at radius 3 is 2.52 bits per heavy atom. The standard InChI is InChI=1S/C19H23F2N3O/c1-18(2,17(25)23-13-6-7-13)24-10-8-19(12-22,9-11-24)14-4-3-5-15(20)16(14)21/h3-5,13H,6-11H2,1-2H3,(H,23,25). The fourth-order valence-corrected chi connectivity index (χ4v) is 3.50. The zero-order valence-corrected chi connectivity index (χ0v) is 14.6. The molecule has 1 N–H and O–H groups in total. The van der Waals surface area contributed by atoms with Gasteiger partial charge in [-0.05, 0) is 45.6 Å². The number of piperidine rings is 1. The smallest absolute Gasteiger partial charge is 0.240 e. The van der Waals surface area contributed by atoms with Gasteiger partial charge >= 0.3 is 0 Å². The molecule has 1 saturated heterocycles. The molecular weight excluding hydrogens is 324 g/mol. The fourth-order valence-electron chi connectivity index (χ4n) is 3.50. The number of rotatable bonds is 4. The van der Waals surface area contributed by atoms with Gasteiger partial charge in [-0.2, -0.15) is 5.26 Å². The van der Waals surface area contributed by atoms with Gasteiger partial charge in [0.05, 0.1) is 17.0 Å². The lowest BCUT2D eigenvalue weighted by Gasteiger charge is -2.44. The predicted octanol–water partition coefficient (Wildman–Crippen LogP) is 2.88. The van der Waals surface area contributed by atoms with E-state index in [-0.39, 0.29) is 17.5 Å². The van der Waals surface area contributed by atoms with Crippen molar-refractivity contribution in [2.75, 3.05) is 13.1 Å². The van der Waals surface area contributed by atoms with Crippen molar-refractivity contribution in [3.63, 3.8) is 0 Å². The van der Waals surface area contributed by atoms with Crippen molar-refractivity contribution in [2.45, 2.75) is 56.5 Å². The first-order valence-corrected chi connectivity index (χ1v) is 8.72. The Bertz CT molecular complexity index is 714. The summed E-state index contributed by atoms with van der Waals surface area (Å²) in [5, 5.41) is 12.7. The normalized spacial score (nSPS) is 20.8. The molecule has 134 valence electrons. The van der Waals surface area contributed by atoms with Gasteiger partial charge in [-0.15, -0.1) is 0 Å². The molecule has 1 aromatic rings. The van der Waals surface area contributed by atoms with Gasteiger partial charge in [-0.1, -0.05) is 12.1 Å². The van der Waals surface area contributed by atoms with E-state index in [9.17, 15) is 18.8 Å². The van der Waals surface area contributed by atoms with Crippen LogP contribution in [0.15, 0.2) is 18.2 Å². The number of amides is 1. The SMILES string of the molecule is CC(C)(C(=O)NC1CC1)N1CCC(C#N)(c2cccc(F)c2F)CC1. The molecule has 1 amide bonds. The maximum atomic E-state index is 14.2. The molecule has 25 heavy (non-hydrogen) atoms.